The van der Waals surface area contributed by atoms with Crippen molar-refractivity contribution in [1.82, 2.24) is 10.2 Å². The van der Waals surface area contributed by atoms with Crippen molar-refractivity contribution in [3.63, 3.8) is 0 Å². The van der Waals surface area contributed by atoms with E-state index in [1.54, 1.807) is 37.3 Å². The van der Waals surface area contributed by atoms with Crippen LogP contribution in [-0.2, 0) is 14.8 Å². The molecular weight excluding hydrogens is 290 g/mol. The molecule has 0 spiro atoms. The molecule has 0 aliphatic rings. The Morgan fingerprint density at radius 2 is 1.81 bits per heavy atom. The molecule has 6 nitrogen and oxygen atoms in total. The van der Waals surface area contributed by atoms with Crippen molar-refractivity contribution in [1.29, 1.82) is 0 Å². The normalized spacial score (nSPS) is 13.0. The van der Waals surface area contributed by atoms with Crippen molar-refractivity contribution in [2.24, 2.45) is 0 Å². The van der Waals surface area contributed by atoms with E-state index >= 15 is 0 Å². The van der Waals surface area contributed by atoms with Crippen LogP contribution >= 0.6 is 0 Å². The summed E-state index contributed by atoms with van der Waals surface area (Å²) < 4.78 is 25.1. The Hall–Kier alpha value is -1.60. The lowest BCUT2D eigenvalue weighted by Crippen LogP contribution is -2.48. The van der Waals surface area contributed by atoms with E-state index in [1.165, 1.54) is 0 Å². The van der Waals surface area contributed by atoms with Crippen LogP contribution in [0.2, 0.25) is 0 Å². The number of para-hydroxylation sites is 1. The maximum atomic E-state index is 12.2. The zero-order valence-electron chi connectivity index (χ0n) is 12.9. The number of carbonyl (C=O) groups excluding carboxylic acids is 1. The number of likely N-dealkylation sites (N-methyl/N-ethyl adjacent to an activating group) is 1. The summed E-state index contributed by atoms with van der Waals surface area (Å²) in [5.74, 6) is -0.314. The Morgan fingerprint density at radius 3 is 2.29 bits per heavy atom. The number of benzene rings is 1. The molecule has 0 fully saturated rings. The largest absolute Gasteiger partial charge is 0.353 e. The highest BCUT2D eigenvalue weighted by Gasteiger charge is 2.28. The maximum Gasteiger partial charge on any atom is 0.243 e. The van der Waals surface area contributed by atoms with Gasteiger partial charge in [-0.3, -0.25) is 9.10 Å². The average molecular weight is 313 g/mol. The molecule has 1 rings (SSSR count). The molecule has 0 radical (unpaired) electrons. The van der Waals surface area contributed by atoms with Crippen molar-refractivity contribution >= 4 is 21.6 Å². The summed E-state index contributed by atoms with van der Waals surface area (Å²) in [5, 5.41) is 2.75. The minimum absolute atomic E-state index is 0.314. The number of sulfonamides is 1. The Kier molecular flexibility index (Phi) is 6.17. The quantitative estimate of drug-likeness (QED) is 0.797. The van der Waals surface area contributed by atoms with Gasteiger partial charge in [0.2, 0.25) is 15.9 Å². The van der Waals surface area contributed by atoms with Crippen molar-refractivity contribution in [3.05, 3.63) is 30.3 Å². The topological polar surface area (TPSA) is 69.7 Å². The van der Waals surface area contributed by atoms with Crippen LogP contribution < -0.4 is 9.62 Å². The first-order valence-corrected chi connectivity index (χ1v) is 8.55. The van der Waals surface area contributed by atoms with Crippen molar-refractivity contribution < 1.29 is 13.2 Å². The van der Waals surface area contributed by atoms with Crippen molar-refractivity contribution in [3.8, 4) is 0 Å². The van der Waals surface area contributed by atoms with Gasteiger partial charge >= 0.3 is 0 Å². The zero-order valence-corrected chi connectivity index (χ0v) is 13.7. The molecule has 1 atom stereocenters. The predicted molar refractivity (Wildman–Crippen MR) is 84.8 cm³/mol. The summed E-state index contributed by atoms with van der Waals surface area (Å²) in [4.78, 5) is 14.1. The number of anilines is 1. The number of nitrogens with zero attached hydrogens (tertiary/aromatic N) is 2. The fourth-order valence-corrected chi connectivity index (χ4v) is 3.11. The van der Waals surface area contributed by atoms with E-state index in [9.17, 15) is 13.2 Å². The second kappa shape index (κ2) is 7.42. The Labute approximate surface area is 126 Å². The molecule has 1 aromatic carbocycles. The molecule has 21 heavy (non-hydrogen) atoms. The molecule has 1 aromatic rings. The second-order valence-corrected chi connectivity index (χ2v) is 7.02. The van der Waals surface area contributed by atoms with E-state index in [-0.39, 0.29) is 5.91 Å². The molecular formula is C14H23N3O3S. The number of nitrogens with one attached hydrogen (secondary N) is 1. The lowest BCUT2D eigenvalue weighted by Gasteiger charge is -2.28. The molecule has 0 unspecified atom stereocenters. The van der Waals surface area contributed by atoms with Gasteiger partial charge in [0.05, 0.1) is 11.9 Å². The van der Waals surface area contributed by atoms with Gasteiger partial charge in [-0.05, 0) is 33.2 Å². The highest BCUT2D eigenvalue weighted by atomic mass is 32.2. The molecule has 0 aliphatic carbocycles. The van der Waals surface area contributed by atoms with Crippen LogP contribution in [0.3, 0.4) is 0 Å². The molecule has 1 amide bonds. The van der Waals surface area contributed by atoms with Crippen molar-refractivity contribution in [2.75, 3.05) is 37.7 Å². The minimum Gasteiger partial charge on any atom is -0.353 e. The molecule has 0 saturated carbocycles. The van der Waals surface area contributed by atoms with Crippen molar-refractivity contribution in [2.45, 2.75) is 13.0 Å². The molecule has 0 saturated heterocycles. The van der Waals surface area contributed by atoms with Gasteiger partial charge in [0.25, 0.3) is 0 Å². The monoisotopic (exact) mass is 313 g/mol. The molecule has 0 aromatic heterocycles. The number of carbonyl (C=O) groups is 1. The average Bonchev–Trinajstić information content (AvgIpc) is 2.37. The lowest BCUT2D eigenvalue weighted by atomic mass is 10.2. The van der Waals surface area contributed by atoms with Gasteiger partial charge in [-0.25, -0.2) is 8.42 Å². The molecule has 7 heteroatoms. The highest BCUT2D eigenvalue weighted by molar-refractivity contribution is 7.92. The number of rotatable bonds is 7. The van der Waals surface area contributed by atoms with Gasteiger partial charge in [-0.15, -0.1) is 0 Å². The second-order valence-electron chi connectivity index (χ2n) is 5.16. The number of amides is 1. The smallest absolute Gasteiger partial charge is 0.243 e. The number of hydrogen-bond donors (Lipinski definition) is 1. The standard InChI is InChI=1S/C14H23N3O3S/c1-12(14(18)15-10-11-16(2)3)17(21(4,19)20)13-8-6-5-7-9-13/h5-9,12H,10-11H2,1-4H3,(H,15,18)/t12-/m1/s1. The van der Waals surface area contributed by atoms with Crippen LogP contribution in [0.1, 0.15) is 6.92 Å². The molecule has 0 bridgehead atoms. The summed E-state index contributed by atoms with van der Waals surface area (Å²) in [5.41, 5.74) is 0.482. The molecule has 0 aliphatic heterocycles. The third-order valence-corrected chi connectivity index (χ3v) is 4.20. The summed E-state index contributed by atoms with van der Waals surface area (Å²) in [6, 6.07) is 7.82. The van der Waals surface area contributed by atoms with E-state index in [0.717, 1.165) is 10.6 Å². The first kappa shape index (κ1) is 17.5. The van der Waals surface area contributed by atoms with E-state index < -0.39 is 16.1 Å². The van der Waals surface area contributed by atoms with Crippen LogP contribution in [-0.4, -0.2) is 58.7 Å². The Balaban J connectivity index is 2.87. The fraction of sp³-hybridized carbons (Fsp3) is 0.500. The van der Waals surface area contributed by atoms with Crippen LogP contribution in [0.5, 0.6) is 0 Å². The lowest BCUT2D eigenvalue weighted by molar-refractivity contribution is -0.121. The van der Waals surface area contributed by atoms with Gasteiger partial charge in [-0.2, -0.15) is 0 Å². The van der Waals surface area contributed by atoms with Gasteiger partial charge < -0.3 is 10.2 Å². The Bertz CT molecular complexity index is 558. The summed E-state index contributed by atoms with van der Waals surface area (Å²) in [6.07, 6.45) is 1.10. The van der Waals surface area contributed by atoms with E-state index in [2.05, 4.69) is 5.32 Å². The Morgan fingerprint density at radius 1 is 1.24 bits per heavy atom. The van der Waals surface area contributed by atoms with E-state index in [0.29, 0.717) is 18.8 Å². The highest BCUT2D eigenvalue weighted by Crippen LogP contribution is 2.19. The van der Waals surface area contributed by atoms with Gasteiger partial charge in [0.15, 0.2) is 0 Å². The van der Waals surface area contributed by atoms with Crippen LogP contribution in [0.15, 0.2) is 30.3 Å². The van der Waals surface area contributed by atoms with Gasteiger partial charge in [0.1, 0.15) is 6.04 Å². The third-order valence-electron chi connectivity index (χ3n) is 2.96. The fourth-order valence-electron chi connectivity index (χ4n) is 1.93. The predicted octanol–water partition coefficient (Wildman–Crippen LogP) is 0.519. The van der Waals surface area contributed by atoms with Gasteiger partial charge in [0, 0.05) is 13.1 Å². The summed E-state index contributed by atoms with van der Waals surface area (Å²) in [7, 11) is 0.269. The first-order valence-electron chi connectivity index (χ1n) is 6.70. The number of hydrogen-bond acceptors (Lipinski definition) is 4. The maximum absolute atomic E-state index is 12.2. The van der Waals surface area contributed by atoms with E-state index in [1.807, 2.05) is 19.0 Å². The van der Waals surface area contributed by atoms with Crippen LogP contribution in [0.4, 0.5) is 5.69 Å². The molecule has 118 valence electrons. The van der Waals surface area contributed by atoms with Crippen LogP contribution in [0, 0.1) is 0 Å². The molecule has 1 N–H and O–H groups in total. The first-order chi connectivity index (χ1) is 9.73. The molecule has 0 heterocycles. The zero-order chi connectivity index (χ0) is 16.0. The third kappa shape index (κ3) is 5.35. The van der Waals surface area contributed by atoms with E-state index in [4.69, 9.17) is 0 Å². The van der Waals surface area contributed by atoms with Crippen LogP contribution in [0.25, 0.3) is 0 Å². The summed E-state index contributed by atoms with van der Waals surface area (Å²) >= 11 is 0. The van der Waals surface area contributed by atoms with Gasteiger partial charge in [-0.1, -0.05) is 18.2 Å². The minimum atomic E-state index is -3.54. The SMILES string of the molecule is C[C@H](C(=O)NCCN(C)C)N(c1ccccc1)S(C)(=O)=O. The summed E-state index contributed by atoms with van der Waals surface area (Å²) in [6.45, 7) is 2.75.